The van der Waals surface area contributed by atoms with Crippen molar-refractivity contribution in [1.29, 1.82) is 0 Å². The van der Waals surface area contributed by atoms with Gasteiger partial charge in [-0.2, -0.15) is 0 Å². The second-order valence-electron chi connectivity index (χ2n) is 9.79. The summed E-state index contributed by atoms with van der Waals surface area (Å²) in [4.78, 5) is 0. The average Bonchev–Trinajstić information content (AvgIpc) is 1.93. The highest BCUT2D eigenvalue weighted by atomic mass is 14.6. The number of hydrogen-bond acceptors (Lipinski definition) is 1. The van der Waals surface area contributed by atoms with Crippen LogP contribution >= 0.6 is 0 Å². The summed E-state index contributed by atoms with van der Waals surface area (Å²) in [5, 5.41) is 0. The van der Waals surface area contributed by atoms with E-state index in [1.165, 1.54) is 19.3 Å². The minimum absolute atomic E-state index is 0.251. The first kappa shape index (κ1) is 18.0. The summed E-state index contributed by atoms with van der Waals surface area (Å²) >= 11 is 0. The van der Waals surface area contributed by atoms with Crippen molar-refractivity contribution in [1.82, 2.24) is 0 Å². The van der Waals surface area contributed by atoms with Crippen molar-refractivity contribution >= 4 is 0 Å². The molecule has 0 spiro atoms. The third kappa shape index (κ3) is 8.13. The van der Waals surface area contributed by atoms with Crippen molar-refractivity contribution in [2.75, 3.05) is 6.54 Å². The van der Waals surface area contributed by atoms with Gasteiger partial charge in [0.25, 0.3) is 0 Å². The van der Waals surface area contributed by atoms with Gasteiger partial charge in [0.1, 0.15) is 0 Å². The van der Waals surface area contributed by atoms with Gasteiger partial charge in [-0.05, 0) is 47.5 Å². The minimum Gasteiger partial charge on any atom is -0.330 e. The van der Waals surface area contributed by atoms with E-state index in [2.05, 4.69) is 62.3 Å². The zero-order valence-corrected chi connectivity index (χ0v) is 14.4. The van der Waals surface area contributed by atoms with Crippen molar-refractivity contribution in [3.63, 3.8) is 0 Å². The first-order valence-electron chi connectivity index (χ1n) is 7.38. The lowest BCUT2D eigenvalue weighted by atomic mass is 9.64. The zero-order chi connectivity index (χ0) is 14.8. The van der Waals surface area contributed by atoms with Crippen molar-refractivity contribution in [3.8, 4) is 0 Å². The molecule has 1 nitrogen and oxygen atoms in total. The fourth-order valence-electron chi connectivity index (χ4n) is 4.22. The molecule has 2 N–H and O–H groups in total. The van der Waals surface area contributed by atoms with E-state index in [1.54, 1.807) is 0 Å². The van der Waals surface area contributed by atoms with E-state index < -0.39 is 0 Å². The molecule has 0 aliphatic rings. The zero-order valence-electron chi connectivity index (χ0n) is 14.4. The number of nitrogens with two attached hydrogens (primary N) is 1. The van der Waals surface area contributed by atoms with Crippen LogP contribution < -0.4 is 5.73 Å². The Kier molecular flexibility index (Phi) is 5.51. The Labute approximate surface area is 116 Å². The van der Waals surface area contributed by atoms with Crippen molar-refractivity contribution < 1.29 is 0 Å². The lowest BCUT2D eigenvalue weighted by Crippen LogP contribution is -2.34. The molecule has 0 aliphatic carbocycles. The molecule has 0 aliphatic heterocycles. The van der Waals surface area contributed by atoms with Crippen molar-refractivity contribution in [2.24, 2.45) is 27.4 Å². The molecule has 0 aromatic carbocycles. The monoisotopic (exact) mass is 255 g/mol. The minimum atomic E-state index is 0.251. The van der Waals surface area contributed by atoms with Crippen LogP contribution in [-0.2, 0) is 0 Å². The fourth-order valence-corrected chi connectivity index (χ4v) is 4.22. The van der Waals surface area contributed by atoms with Crippen LogP contribution in [0.3, 0.4) is 0 Å². The van der Waals surface area contributed by atoms with Gasteiger partial charge in [-0.1, -0.05) is 62.3 Å². The van der Waals surface area contributed by atoms with Gasteiger partial charge < -0.3 is 5.73 Å². The van der Waals surface area contributed by atoms with E-state index in [9.17, 15) is 0 Å². The van der Waals surface area contributed by atoms with Gasteiger partial charge in [-0.25, -0.2) is 0 Å². The van der Waals surface area contributed by atoms with Crippen molar-refractivity contribution in [2.45, 2.75) is 81.6 Å². The normalized spacial score (nSPS) is 15.0. The third-order valence-corrected chi connectivity index (χ3v) is 3.48. The molecule has 0 saturated carbocycles. The second kappa shape index (κ2) is 5.53. The lowest BCUT2D eigenvalue weighted by molar-refractivity contribution is 0.0967. The number of hydrogen-bond donors (Lipinski definition) is 1. The predicted octanol–water partition coefficient (Wildman–Crippen LogP) is 5.24. The van der Waals surface area contributed by atoms with Crippen LogP contribution in [0.25, 0.3) is 0 Å². The van der Waals surface area contributed by atoms with E-state index in [1.807, 2.05) is 0 Å². The van der Waals surface area contributed by atoms with Crippen molar-refractivity contribution in [3.05, 3.63) is 0 Å². The Morgan fingerprint density at radius 2 is 0.889 bits per heavy atom. The molecule has 0 atom stereocenters. The molecule has 110 valence electrons. The lowest BCUT2D eigenvalue weighted by Gasteiger charge is -2.42. The summed E-state index contributed by atoms with van der Waals surface area (Å²) in [6, 6.07) is 0. The molecule has 0 saturated heterocycles. The molecular weight excluding hydrogens is 218 g/mol. The SMILES string of the molecule is CC(C)(C)CC(C)(C)CC(C)(C)CC(C)(C)CN. The van der Waals surface area contributed by atoms with Crippen LogP contribution in [-0.4, -0.2) is 6.54 Å². The molecule has 0 bridgehead atoms. The summed E-state index contributed by atoms with van der Waals surface area (Å²) in [5.41, 5.74) is 7.29. The Morgan fingerprint density at radius 3 is 1.22 bits per heavy atom. The molecule has 0 aromatic rings. The molecule has 0 amide bonds. The molecule has 0 rings (SSSR count). The van der Waals surface area contributed by atoms with Crippen LogP contribution in [0.4, 0.5) is 0 Å². The number of rotatable bonds is 6. The van der Waals surface area contributed by atoms with Crippen LogP contribution in [0, 0.1) is 21.7 Å². The van der Waals surface area contributed by atoms with Gasteiger partial charge in [0, 0.05) is 0 Å². The molecule has 0 radical (unpaired) electrons. The smallest absolute Gasteiger partial charge is 0.00256 e. The van der Waals surface area contributed by atoms with E-state index in [-0.39, 0.29) is 5.41 Å². The fraction of sp³-hybridized carbons (Fsp3) is 1.00. The van der Waals surface area contributed by atoms with Gasteiger partial charge in [-0.3, -0.25) is 0 Å². The Balaban J connectivity index is 4.66. The quantitative estimate of drug-likeness (QED) is 0.690. The van der Waals surface area contributed by atoms with E-state index in [4.69, 9.17) is 5.73 Å². The van der Waals surface area contributed by atoms with Crippen LogP contribution in [0.5, 0.6) is 0 Å². The Hall–Kier alpha value is -0.0400. The molecule has 0 unspecified atom stereocenters. The molecular formula is C17H37N. The van der Waals surface area contributed by atoms with E-state index in [0.29, 0.717) is 16.2 Å². The molecule has 1 heteroatoms. The third-order valence-electron chi connectivity index (χ3n) is 3.48. The van der Waals surface area contributed by atoms with E-state index >= 15 is 0 Å². The second-order valence-corrected chi connectivity index (χ2v) is 9.79. The molecule has 0 heterocycles. The maximum atomic E-state index is 5.88. The summed E-state index contributed by atoms with van der Waals surface area (Å²) in [6.45, 7) is 22.0. The van der Waals surface area contributed by atoms with Gasteiger partial charge in [0.05, 0.1) is 0 Å². The first-order valence-corrected chi connectivity index (χ1v) is 7.38. The van der Waals surface area contributed by atoms with Gasteiger partial charge in [0.15, 0.2) is 0 Å². The highest BCUT2D eigenvalue weighted by Gasteiger charge is 2.35. The maximum absolute atomic E-state index is 5.88. The maximum Gasteiger partial charge on any atom is -0.00256 e. The topological polar surface area (TPSA) is 26.0 Å². The van der Waals surface area contributed by atoms with E-state index in [0.717, 1.165) is 6.54 Å². The highest BCUT2D eigenvalue weighted by molar-refractivity contribution is 4.86. The van der Waals surface area contributed by atoms with Crippen LogP contribution in [0.2, 0.25) is 0 Å². The Morgan fingerprint density at radius 1 is 0.556 bits per heavy atom. The van der Waals surface area contributed by atoms with Gasteiger partial charge >= 0.3 is 0 Å². The highest BCUT2D eigenvalue weighted by Crippen LogP contribution is 2.45. The molecule has 0 fully saturated rings. The summed E-state index contributed by atoms with van der Waals surface area (Å²) < 4.78 is 0. The largest absolute Gasteiger partial charge is 0.330 e. The summed E-state index contributed by atoms with van der Waals surface area (Å²) in [5.74, 6) is 0. The molecule has 18 heavy (non-hydrogen) atoms. The van der Waals surface area contributed by atoms with Crippen LogP contribution in [0.1, 0.15) is 81.6 Å². The average molecular weight is 255 g/mol. The predicted molar refractivity (Wildman–Crippen MR) is 83.7 cm³/mol. The van der Waals surface area contributed by atoms with Gasteiger partial charge in [0.2, 0.25) is 0 Å². The summed E-state index contributed by atoms with van der Waals surface area (Å²) in [7, 11) is 0. The summed E-state index contributed by atoms with van der Waals surface area (Å²) in [6.07, 6.45) is 3.73. The Bertz CT molecular complexity index is 253. The first-order chi connectivity index (χ1) is 7.68. The molecule has 0 aromatic heterocycles. The van der Waals surface area contributed by atoms with Gasteiger partial charge in [-0.15, -0.1) is 0 Å². The standard InChI is InChI=1S/C17H37N/c1-14(2,3)10-15(4,5)11-16(6,7)12-17(8,9)13-18/h10-13,18H2,1-9H3. The van der Waals surface area contributed by atoms with Crippen LogP contribution in [0.15, 0.2) is 0 Å².